The highest BCUT2D eigenvalue weighted by Gasteiger charge is 2.34. The van der Waals surface area contributed by atoms with Crippen LogP contribution in [-0.4, -0.2) is 49.2 Å². The Morgan fingerprint density at radius 2 is 1.76 bits per heavy atom. The number of ether oxygens (including phenoxy) is 1. The second kappa shape index (κ2) is 9.55. The third-order valence-corrected chi connectivity index (χ3v) is 6.24. The number of carbonyl (C=O) groups excluding carboxylic acids is 1. The Bertz CT molecular complexity index is 776. The number of likely N-dealkylation sites (tertiary alicyclic amines) is 1. The van der Waals surface area contributed by atoms with Gasteiger partial charge in [0.05, 0.1) is 0 Å². The van der Waals surface area contributed by atoms with Crippen molar-refractivity contribution < 1.29 is 9.53 Å². The highest BCUT2D eigenvalue weighted by Crippen LogP contribution is 2.27. The number of rotatable bonds is 6. The van der Waals surface area contributed by atoms with Gasteiger partial charge in [0, 0.05) is 38.0 Å². The van der Waals surface area contributed by atoms with E-state index in [1.54, 1.807) is 0 Å². The summed E-state index contributed by atoms with van der Waals surface area (Å²) in [4.78, 5) is 17.9. The van der Waals surface area contributed by atoms with Crippen LogP contribution < -0.4 is 4.90 Å². The molecule has 2 heterocycles. The first-order valence-electron chi connectivity index (χ1n) is 11.0. The van der Waals surface area contributed by atoms with Crippen LogP contribution in [0.4, 0.5) is 5.69 Å². The number of hydrogen-bond acceptors (Lipinski definition) is 3. The smallest absolute Gasteiger partial charge is 0.256 e. The fraction of sp³-hybridized carbons (Fsp3) is 0.480. The summed E-state index contributed by atoms with van der Waals surface area (Å²) in [5, 5.41) is 0. The van der Waals surface area contributed by atoms with Crippen molar-refractivity contribution in [2.24, 2.45) is 0 Å². The fourth-order valence-corrected chi connectivity index (χ4v) is 4.48. The van der Waals surface area contributed by atoms with Crippen molar-refractivity contribution >= 4 is 11.6 Å². The lowest BCUT2D eigenvalue weighted by molar-refractivity contribution is -0.128. The first-order chi connectivity index (χ1) is 14.2. The summed E-state index contributed by atoms with van der Waals surface area (Å²) in [6, 6.07) is 19.3. The Labute approximate surface area is 174 Å². The van der Waals surface area contributed by atoms with Crippen LogP contribution in [0.1, 0.15) is 36.8 Å². The molecule has 0 N–H and O–H groups in total. The molecular weight excluding hydrogens is 360 g/mol. The minimum atomic E-state index is -0.271. The van der Waals surface area contributed by atoms with Gasteiger partial charge in [-0.05, 0) is 56.7 Å². The van der Waals surface area contributed by atoms with Crippen molar-refractivity contribution in [2.45, 2.75) is 51.2 Å². The van der Waals surface area contributed by atoms with E-state index in [1.807, 2.05) is 4.90 Å². The zero-order valence-corrected chi connectivity index (χ0v) is 17.4. The van der Waals surface area contributed by atoms with Crippen LogP contribution in [-0.2, 0) is 16.0 Å². The van der Waals surface area contributed by atoms with Crippen molar-refractivity contribution in [1.82, 2.24) is 4.90 Å². The van der Waals surface area contributed by atoms with Gasteiger partial charge in [-0.25, -0.2) is 0 Å². The third kappa shape index (κ3) is 5.06. The number of anilines is 1. The van der Waals surface area contributed by atoms with Crippen LogP contribution in [0.15, 0.2) is 54.6 Å². The lowest BCUT2D eigenvalue weighted by Gasteiger charge is -2.39. The zero-order chi connectivity index (χ0) is 20.1. The van der Waals surface area contributed by atoms with Crippen molar-refractivity contribution in [1.29, 1.82) is 0 Å². The van der Waals surface area contributed by atoms with Gasteiger partial charge < -0.3 is 14.5 Å². The van der Waals surface area contributed by atoms with Crippen LogP contribution in [0.5, 0.6) is 0 Å². The van der Waals surface area contributed by atoms with E-state index in [1.165, 1.54) is 11.1 Å². The Hall–Kier alpha value is -2.17. The standard InChI is InChI=1S/C25H32N2O2/c1-20-9-11-22(12-10-20)27(25(28)24-8-5-19-29-24)23-14-17-26(18-15-23)16-13-21-6-3-2-4-7-21/h2-4,6-7,9-12,23-24H,5,8,13-19H2,1H3. The maximum Gasteiger partial charge on any atom is 0.256 e. The summed E-state index contributed by atoms with van der Waals surface area (Å²) in [7, 11) is 0. The highest BCUT2D eigenvalue weighted by atomic mass is 16.5. The summed E-state index contributed by atoms with van der Waals surface area (Å²) >= 11 is 0. The first-order valence-corrected chi connectivity index (χ1v) is 11.0. The molecule has 1 atom stereocenters. The Balaban J connectivity index is 1.40. The van der Waals surface area contributed by atoms with Gasteiger partial charge in [-0.2, -0.15) is 0 Å². The van der Waals surface area contributed by atoms with Gasteiger partial charge >= 0.3 is 0 Å². The minimum Gasteiger partial charge on any atom is -0.368 e. The van der Waals surface area contributed by atoms with Gasteiger partial charge in [0.2, 0.25) is 0 Å². The number of aryl methyl sites for hydroxylation is 1. The second-order valence-electron chi connectivity index (χ2n) is 8.35. The first kappa shape index (κ1) is 20.1. The van der Waals surface area contributed by atoms with E-state index >= 15 is 0 Å². The molecule has 2 aliphatic rings. The van der Waals surface area contributed by atoms with E-state index in [-0.39, 0.29) is 18.1 Å². The highest BCUT2D eigenvalue weighted by molar-refractivity contribution is 5.97. The number of hydrogen-bond donors (Lipinski definition) is 0. The predicted octanol–water partition coefficient (Wildman–Crippen LogP) is 4.21. The molecule has 4 heteroatoms. The lowest BCUT2D eigenvalue weighted by atomic mass is 10.00. The summed E-state index contributed by atoms with van der Waals surface area (Å²) in [6.45, 7) is 5.95. The number of amides is 1. The summed E-state index contributed by atoms with van der Waals surface area (Å²) in [5.41, 5.74) is 3.62. The average molecular weight is 393 g/mol. The molecule has 0 saturated carbocycles. The van der Waals surface area contributed by atoms with Gasteiger partial charge in [-0.15, -0.1) is 0 Å². The van der Waals surface area contributed by atoms with Crippen LogP contribution in [0, 0.1) is 6.92 Å². The van der Waals surface area contributed by atoms with Crippen molar-refractivity contribution in [2.75, 3.05) is 31.1 Å². The molecule has 4 nitrogen and oxygen atoms in total. The zero-order valence-electron chi connectivity index (χ0n) is 17.4. The van der Waals surface area contributed by atoms with E-state index in [0.717, 1.165) is 57.4 Å². The van der Waals surface area contributed by atoms with Gasteiger partial charge in [-0.1, -0.05) is 48.0 Å². The monoisotopic (exact) mass is 392 g/mol. The fourth-order valence-electron chi connectivity index (χ4n) is 4.48. The Morgan fingerprint density at radius 1 is 1.03 bits per heavy atom. The largest absolute Gasteiger partial charge is 0.368 e. The average Bonchev–Trinajstić information content (AvgIpc) is 3.30. The number of nitrogens with zero attached hydrogens (tertiary/aromatic N) is 2. The van der Waals surface area contributed by atoms with E-state index in [9.17, 15) is 4.79 Å². The molecule has 0 bridgehead atoms. The lowest BCUT2D eigenvalue weighted by Crippen LogP contribution is -2.50. The number of piperidine rings is 1. The molecule has 2 saturated heterocycles. The van der Waals surface area contributed by atoms with Crippen LogP contribution in [0.25, 0.3) is 0 Å². The molecular formula is C25H32N2O2. The topological polar surface area (TPSA) is 32.8 Å². The molecule has 0 spiro atoms. The Kier molecular flexibility index (Phi) is 6.63. The normalized spacial score (nSPS) is 20.7. The van der Waals surface area contributed by atoms with Gasteiger partial charge in [0.25, 0.3) is 5.91 Å². The molecule has 154 valence electrons. The molecule has 2 aromatic rings. The molecule has 4 rings (SSSR count). The second-order valence-corrected chi connectivity index (χ2v) is 8.35. The molecule has 0 aliphatic carbocycles. The van der Waals surface area contributed by atoms with E-state index in [2.05, 4.69) is 66.4 Å². The van der Waals surface area contributed by atoms with E-state index < -0.39 is 0 Å². The van der Waals surface area contributed by atoms with Gasteiger partial charge in [0.15, 0.2) is 0 Å². The van der Waals surface area contributed by atoms with E-state index in [0.29, 0.717) is 6.61 Å². The molecule has 1 amide bonds. The molecule has 29 heavy (non-hydrogen) atoms. The predicted molar refractivity (Wildman–Crippen MR) is 117 cm³/mol. The Morgan fingerprint density at radius 3 is 2.41 bits per heavy atom. The summed E-state index contributed by atoms with van der Waals surface area (Å²) in [6.07, 6.45) is 4.67. The van der Waals surface area contributed by atoms with Crippen LogP contribution in [0.3, 0.4) is 0 Å². The number of carbonyl (C=O) groups is 1. The van der Waals surface area contributed by atoms with E-state index in [4.69, 9.17) is 4.74 Å². The molecule has 0 radical (unpaired) electrons. The van der Waals surface area contributed by atoms with Crippen LogP contribution >= 0.6 is 0 Å². The molecule has 2 fully saturated rings. The van der Waals surface area contributed by atoms with Crippen molar-refractivity contribution in [3.05, 3.63) is 65.7 Å². The summed E-state index contributed by atoms with van der Waals surface area (Å²) < 4.78 is 5.74. The van der Waals surface area contributed by atoms with Crippen LogP contribution in [0.2, 0.25) is 0 Å². The molecule has 1 unspecified atom stereocenters. The maximum atomic E-state index is 13.3. The van der Waals surface area contributed by atoms with Gasteiger partial charge in [0.1, 0.15) is 6.10 Å². The maximum absolute atomic E-state index is 13.3. The SMILES string of the molecule is Cc1ccc(N(C(=O)C2CCCO2)C2CCN(CCc3ccccc3)CC2)cc1. The quantitative estimate of drug-likeness (QED) is 0.738. The number of benzene rings is 2. The third-order valence-electron chi connectivity index (χ3n) is 6.24. The molecule has 0 aromatic heterocycles. The van der Waals surface area contributed by atoms with Crippen molar-refractivity contribution in [3.8, 4) is 0 Å². The summed E-state index contributed by atoms with van der Waals surface area (Å²) in [5.74, 6) is 0.147. The molecule has 2 aliphatic heterocycles. The minimum absolute atomic E-state index is 0.147. The molecule has 2 aromatic carbocycles. The van der Waals surface area contributed by atoms with Gasteiger partial charge in [-0.3, -0.25) is 4.79 Å². The van der Waals surface area contributed by atoms with Crippen molar-refractivity contribution in [3.63, 3.8) is 0 Å².